The Morgan fingerprint density at radius 3 is 2.73 bits per heavy atom. The van der Waals surface area contributed by atoms with E-state index in [0.29, 0.717) is 5.69 Å². The first-order valence-electron chi connectivity index (χ1n) is 10.3. The maximum atomic E-state index is 13.3. The van der Waals surface area contributed by atoms with Crippen molar-refractivity contribution >= 4 is 11.7 Å². The molecule has 1 saturated carbocycles. The predicted octanol–water partition coefficient (Wildman–Crippen LogP) is 3.82. The summed E-state index contributed by atoms with van der Waals surface area (Å²) >= 11 is 0. The molecule has 3 atom stereocenters. The highest BCUT2D eigenvalue weighted by Gasteiger charge is 2.48. The van der Waals surface area contributed by atoms with E-state index in [2.05, 4.69) is 28.1 Å². The van der Waals surface area contributed by atoms with E-state index in [1.54, 1.807) is 26.4 Å². The van der Waals surface area contributed by atoms with Crippen LogP contribution in [0.15, 0.2) is 42.5 Å². The molecule has 1 aliphatic carbocycles. The number of carbonyl (C=O) groups excluding carboxylic acids is 1. The van der Waals surface area contributed by atoms with Crippen molar-refractivity contribution in [1.82, 2.24) is 10.6 Å². The van der Waals surface area contributed by atoms with Gasteiger partial charge in [0.1, 0.15) is 5.82 Å². The van der Waals surface area contributed by atoms with Crippen LogP contribution in [0, 0.1) is 5.82 Å². The van der Waals surface area contributed by atoms with Gasteiger partial charge in [-0.25, -0.2) is 9.18 Å². The first kappa shape index (κ1) is 20.5. The topological polar surface area (TPSA) is 71.6 Å². The lowest BCUT2D eigenvalue weighted by molar-refractivity contribution is 0.213. The highest BCUT2D eigenvalue weighted by Crippen LogP contribution is 2.47. The van der Waals surface area contributed by atoms with Crippen molar-refractivity contribution in [2.75, 3.05) is 26.1 Å². The minimum atomic E-state index is -0.375. The van der Waals surface area contributed by atoms with E-state index in [1.165, 1.54) is 17.7 Å². The van der Waals surface area contributed by atoms with Gasteiger partial charge in [0.2, 0.25) is 0 Å². The summed E-state index contributed by atoms with van der Waals surface area (Å²) in [6.07, 6.45) is 3.73. The number of benzene rings is 2. The second kappa shape index (κ2) is 8.52. The van der Waals surface area contributed by atoms with Gasteiger partial charge in [0.15, 0.2) is 11.5 Å². The Balaban J connectivity index is 1.44. The summed E-state index contributed by atoms with van der Waals surface area (Å²) in [5.41, 5.74) is 1.72. The van der Waals surface area contributed by atoms with Crippen LogP contribution in [0.5, 0.6) is 11.5 Å². The zero-order chi connectivity index (χ0) is 21.1. The first-order chi connectivity index (χ1) is 14.5. The van der Waals surface area contributed by atoms with Gasteiger partial charge in [-0.2, -0.15) is 0 Å². The molecule has 30 heavy (non-hydrogen) atoms. The normalized spacial score (nSPS) is 25.3. The summed E-state index contributed by atoms with van der Waals surface area (Å²) in [6, 6.07) is 12.1. The van der Waals surface area contributed by atoms with E-state index in [-0.39, 0.29) is 29.3 Å². The second-order valence-corrected chi connectivity index (χ2v) is 8.06. The van der Waals surface area contributed by atoms with Gasteiger partial charge in [-0.05, 0) is 68.1 Å². The minimum Gasteiger partial charge on any atom is -0.493 e. The van der Waals surface area contributed by atoms with Gasteiger partial charge in [0, 0.05) is 23.2 Å². The van der Waals surface area contributed by atoms with Gasteiger partial charge < -0.3 is 25.4 Å². The molecule has 1 aliphatic heterocycles. The highest BCUT2D eigenvalue weighted by atomic mass is 19.1. The number of rotatable bonds is 5. The van der Waals surface area contributed by atoms with Crippen LogP contribution in [-0.4, -0.2) is 38.9 Å². The Kier molecular flexibility index (Phi) is 5.81. The lowest BCUT2D eigenvalue weighted by Gasteiger charge is -2.43. The van der Waals surface area contributed by atoms with Crippen molar-refractivity contribution in [2.24, 2.45) is 0 Å². The summed E-state index contributed by atoms with van der Waals surface area (Å²) in [5.74, 6) is 1.09. The monoisotopic (exact) mass is 413 g/mol. The largest absolute Gasteiger partial charge is 0.493 e. The number of hydrogen-bond acceptors (Lipinski definition) is 4. The Labute approximate surface area is 176 Å². The summed E-state index contributed by atoms with van der Waals surface area (Å²) in [7, 11) is 3.29. The van der Waals surface area contributed by atoms with Crippen molar-refractivity contribution < 1.29 is 18.7 Å². The van der Waals surface area contributed by atoms with Crippen molar-refractivity contribution in [2.45, 2.75) is 43.2 Å². The third-order valence-corrected chi connectivity index (χ3v) is 6.46. The van der Waals surface area contributed by atoms with Crippen LogP contribution >= 0.6 is 0 Å². The number of nitrogens with one attached hydrogen (secondary N) is 3. The molecule has 160 valence electrons. The van der Waals surface area contributed by atoms with E-state index in [9.17, 15) is 9.18 Å². The van der Waals surface area contributed by atoms with Crippen molar-refractivity contribution in [3.05, 3.63) is 53.8 Å². The molecule has 2 amide bonds. The smallest absolute Gasteiger partial charge is 0.319 e. The molecular formula is C23H28FN3O3. The van der Waals surface area contributed by atoms with Crippen LogP contribution in [-0.2, 0) is 5.41 Å². The fourth-order valence-electron chi connectivity index (χ4n) is 4.97. The molecule has 0 radical (unpaired) electrons. The van der Waals surface area contributed by atoms with Gasteiger partial charge in [-0.15, -0.1) is 0 Å². The van der Waals surface area contributed by atoms with Crippen molar-refractivity contribution in [3.8, 4) is 11.5 Å². The molecule has 0 aromatic heterocycles. The van der Waals surface area contributed by atoms with Crippen LogP contribution < -0.4 is 25.4 Å². The third-order valence-electron chi connectivity index (χ3n) is 6.46. The zero-order valence-electron chi connectivity index (χ0n) is 17.3. The molecule has 0 bridgehead atoms. The Bertz CT molecular complexity index is 922. The number of urea groups is 1. The molecule has 1 heterocycles. The number of hydrogen-bond donors (Lipinski definition) is 3. The molecule has 2 aliphatic rings. The fraction of sp³-hybridized carbons (Fsp3) is 0.435. The molecular weight excluding hydrogens is 385 g/mol. The van der Waals surface area contributed by atoms with Crippen LogP contribution in [0.4, 0.5) is 14.9 Å². The number of fused-ring (bicyclic) bond motifs is 1. The quantitative estimate of drug-likeness (QED) is 0.697. The number of halogens is 1. The second-order valence-electron chi connectivity index (χ2n) is 8.06. The Hall–Kier alpha value is -2.80. The van der Waals surface area contributed by atoms with Gasteiger partial charge >= 0.3 is 6.03 Å². The molecule has 2 aromatic rings. The lowest BCUT2D eigenvalue weighted by atomic mass is 9.65. The van der Waals surface area contributed by atoms with Crippen LogP contribution in [0.2, 0.25) is 0 Å². The maximum absolute atomic E-state index is 13.3. The lowest BCUT2D eigenvalue weighted by Crippen LogP contribution is -2.52. The van der Waals surface area contributed by atoms with Gasteiger partial charge in [-0.3, -0.25) is 0 Å². The van der Waals surface area contributed by atoms with E-state index in [0.717, 1.165) is 43.7 Å². The van der Waals surface area contributed by atoms with E-state index >= 15 is 0 Å². The third kappa shape index (κ3) is 3.94. The first-order valence-corrected chi connectivity index (χ1v) is 10.3. The van der Waals surface area contributed by atoms with Gasteiger partial charge in [0.25, 0.3) is 0 Å². The Morgan fingerprint density at radius 1 is 1.13 bits per heavy atom. The average Bonchev–Trinajstić information content (AvgIpc) is 3.17. The zero-order valence-corrected chi connectivity index (χ0v) is 17.3. The number of amides is 2. The van der Waals surface area contributed by atoms with Crippen LogP contribution in [0.1, 0.15) is 31.2 Å². The highest BCUT2D eigenvalue weighted by molar-refractivity contribution is 5.89. The summed E-state index contributed by atoms with van der Waals surface area (Å²) in [6.45, 7) is 0.946. The molecule has 1 saturated heterocycles. The number of anilines is 1. The molecule has 2 aromatic carbocycles. The minimum absolute atomic E-state index is 0.0246. The van der Waals surface area contributed by atoms with Crippen LogP contribution in [0.3, 0.4) is 0 Å². The Morgan fingerprint density at radius 2 is 1.97 bits per heavy atom. The molecule has 0 spiro atoms. The van der Waals surface area contributed by atoms with E-state index < -0.39 is 0 Å². The van der Waals surface area contributed by atoms with Gasteiger partial charge in [0.05, 0.1) is 14.2 Å². The molecule has 7 heteroatoms. The molecule has 3 N–H and O–H groups in total. The standard InChI is InChI=1S/C23H28FN3O3/c1-29-19-7-6-15(12-20(19)30-2)23-9-8-18(14-21(23)25-11-10-23)27-22(28)26-17-5-3-4-16(24)13-17/h3-7,12-13,18,21,25H,8-11,14H2,1-2H3,(H2,26,27,28)/t18-,21+,23+/m1/s1. The average molecular weight is 413 g/mol. The van der Waals surface area contributed by atoms with Gasteiger partial charge in [-0.1, -0.05) is 12.1 Å². The van der Waals surface area contributed by atoms with E-state index in [4.69, 9.17) is 9.47 Å². The van der Waals surface area contributed by atoms with E-state index in [1.807, 2.05) is 6.07 Å². The van der Waals surface area contributed by atoms with Crippen LogP contribution in [0.25, 0.3) is 0 Å². The molecule has 0 unspecified atom stereocenters. The fourth-order valence-corrected chi connectivity index (χ4v) is 4.97. The molecule has 6 nitrogen and oxygen atoms in total. The SMILES string of the molecule is COc1ccc([C@]23CCN[C@H]2C[C@H](NC(=O)Nc2cccc(F)c2)CC3)cc1OC. The predicted molar refractivity (Wildman–Crippen MR) is 114 cm³/mol. The summed E-state index contributed by atoms with van der Waals surface area (Å²) in [4.78, 5) is 12.4. The van der Waals surface area contributed by atoms with Crippen molar-refractivity contribution in [1.29, 1.82) is 0 Å². The maximum Gasteiger partial charge on any atom is 0.319 e. The molecule has 2 fully saturated rings. The molecule has 4 rings (SSSR count). The van der Waals surface area contributed by atoms with Crippen molar-refractivity contribution in [3.63, 3.8) is 0 Å². The summed E-state index contributed by atoms with van der Waals surface area (Å²) in [5, 5.41) is 9.40. The number of ether oxygens (including phenoxy) is 2. The summed E-state index contributed by atoms with van der Waals surface area (Å²) < 4.78 is 24.2. The number of methoxy groups -OCH3 is 2. The number of carbonyl (C=O) groups is 1.